The summed E-state index contributed by atoms with van der Waals surface area (Å²) in [6, 6.07) is -0.288. The summed E-state index contributed by atoms with van der Waals surface area (Å²) in [7, 11) is 0. The second-order valence-corrected chi connectivity index (χ2v) is 6.03. The van der Waals surface area contributed by atoms with Gasteiger partial charge in [-0.3, -0.25) is 14.6 Å². The Morgan fingerprint density at radius 3 is 2.26 bits per heavy atom. The Morgan fingerprint density at radius 2 is 1.79 bits per heavy atom. The predicted molar refractivity (Wildman–Crippen MR) is 70.8 cm³/mol. The van der Waals surface area contributed by atoms with Gasteiger partial charge in [0.15, 0.2) is 0 Å². The first-order valence-corrected chi connectivity index (χ1v) is 6.81. The second kappa shape index (κ2) is 5.09. The van der Waals surface area contributed by atoms with Crippen LogP contribution in [0.25, 0.3) is 0 Å². The molecule has 2 rings (SSSR count). The number of morpholine rings is 1. The number of hydrogen-bond acceptors (Lipinski definition) is 4. The molecule has 2 fully saturated rings. The van der Waals surface area contributed by atoms with Crippen LogP contribution in [0.2, 0.25) is 0 Å². The fourth-order valence-corrected chi connectivity index (χ4v) is 2.73. The molecule has 108 valence electrons. The topological polar surface area (TPSA) is 61.9 Å². The Hall–Kier alpha value is -1.14. The van der Waals surface area contributed by atoms with Crippen LogP contribution in [-0.4, -0.2) is 65.7 Å². The number of imide groups is 1. The molecule has 0 saturated carbocycles. The number of nitrogens with zero attached hydrogens (tertiary/aromatic N) is 2. The number of rotatable bonds is 3. The van der Waals surface area contributed by atoms with Gasteiger partial charge in [0.25, 0.3) is 5.91 Å². The van der Waals surface area contributed by atoms with E-state index >= 15 is 0 Å². The van der Waals surface area contributed by atoms with E-state index in [2.05, 4.69) is 10.2 Å². The maximum absolute atomic E-state index is 12.0. The van der Waals surface area contributed by atoms with Crippen molar-refractivity contribution in [1.29, 1.82) is 0 Å². The van der Waals surface area contributed by atoms with Crippen molar-refractivity contribution in [3.8, 4) is 0 Å². The molecule has 0 spiro atoms. The molecular weight excluding hydrogens is 246 g/mol. The largest absolute Gasteiger partial charge is 0.373 e. The smallest absolute Gasteiger partial charge is 0.325 e. The molecule has 1 N–H and O–H groups in total. The van der Waals surface area contributed by atoms with Crippen molar-refractivity contribution in [3.05, 3.63) is 0 Å². The highest BCUT2D eigenvalue weighted by atomic mass is 16.5. The van der Waals surface area contributed by atoms with Crippen LogP contribution < -0.4 is 5.32 Å². The van der Waals surface area contributed by atoms with E-state index in [1.165, 1.54) is 4.90 Å². The number of carbonyl (C=O) groups excluding carboxylic acids is 2. The first-order valence-electron chi connectivity index (χ1n) is 6.81. The normalized spacial score (nSPS) is 31.7. The minimum atomic E-state index is -0.775. The molecule has 0 aromatic heterocycles. The van der Waals surface area contributed by atoms with E-state index in [1.807, 2.05) is 13.8 Å². The summed E-state index contributed by atoms with van der Waals surface area (Å²) in [5.41, 5.74) is -0.775. The third-order valence-corrected chi connectivity index (χ3v) is 3.58. The Labute approximate surface area is 114 Å². The lowest BCUT2D eigenvalue weighted by molar-refractivity contribution is -0.130. The molecular formula is C13H23N3O3. The summed E-state index contributed by atoms with van der Waals surface area (Å²) < 4.78 is 5.66. The van der Waals surface area contributed by atoms with E-state index in [0.29, 0.717) is 13.1 Å². The fraction of sp³-hybridized carbons (Fsp3) is 0.846. The Balaban J connectivity index is 1.89. The Kier molecular flexibility index (Phi) is 3.82. The SMILES string of the molecule is C[C@@H]1CN(CCN2C(=O)NC(C)(C)C2=O)C[C@H](C)O1. The average Bonchev–Trinajstić information content (AvgIpc) is 2.45. The van der Waals surface area contributed by atoms with Crippen LogP contribution in [0.15, 0.2) is 0 Å². The van der Waals surface area contributed by atoms with Crippen molar-refractivity contribution in [1.82, 2.24) is 15.1 Å². The third kappa shape index (κ3) is 3.06. The van der Waals surface area contributed by atoms with Crippen molar-refractivity contribution >= 4 is 11.9 Å². The van der Waals surface area contributed by atoms with E-state index in [9.17, 15) is 9.59 Å². The zero-order valence-electron chi connectivity index (χ0n) is 12.1. The van der Waals surface area contributed by atoms with E-state index in [4.69, 9.17) is 4.74 Å². The lowest BCUT2D eigenvalue weighted by Gasteiger charge is -2.35. The summed E-state index contributed by atoms with van der Waals surface area (Å²) in [6.07, 6.45) is 0.395. The van der Waals surface area contributed by atoms with Gasteiger partial charge in [0, 0.05) is 26.2 Å². The highest BCUT2D eigenvalue weighted by Crippen LogP contribution is 2.17. The van der Waals surface area contributed by atoms with Gasteiger partial charge >= 0.3 is 6.03 Å². The Bertz CT molecular complexity index is 373. The van der Waals surface area contributed by atoms with E-state index in [-0.39, 0.29) is 24.1 Å². The third-order valence-electron chi connectivity index (χ3n) is 3.58. The van der Waals surface area contributed by atoms with Gasteiger partial charge in [-0.05, 0) is 27.7 Å². The number of urea groups is 1. The molecule has 2 aliphatic rings. The minimum Gasteiger partial charge on any atom is -0.373 e. The van der Waals surface area contributed by atoms with Crippen molar-refractivity contribution in [2.45, 2.75) is 45.4 Å². The molecule has 0 radical (unpaired) electrons. The summed E-state index contributed by atoms with van der Waals surface area (Å²) in [4.78, 5) is 27.3. The Morgan fingerprint density at radius 1 is 1.21 bits per heavy atom. The molecule has 2 aliphatic heterocycles. The lowest BCUT2D eigenvalue weighted by atomic mass is 10.1. The summed E-state index contributed by atoms with van der Waals surface area (Å²) >= 11 is 0. The highest BCUT2D eigenvalue weighted by Gasteiger charge is 2.44. The van der Waals surface area contributed by atoms with Crippen LogP contribution in [0.4, 0.5) is 4.79 Å². The molecule has 2 atom stereocenters. The maximum atomic E-state index is 12.0. The molecule has 6 nitrogen and oxygen atoms in total. The number of ether oxygens (including phenoxy) is 1. The lowest BCUT2D eigenvalue weighted by Crippen LogP contribution is -2.48. The first kappa shape index (κ1) is 14.3. The number of amides is 3. The molecule has 2 saturated heterocycles. The van der Waals surface area contributed by atoms with Gasteiger partial charge in [-0.15, -0.1) is 0 Å². The summed E-state index contributed by atoms with van der Waals surface area (Å²) in [5.74, 6) is -0.146. The van der Waals surface area contributed by atoms with Crippen LogP contribution in [0.3, 0.4) is 0 Å². The van der Waals surface area contributed by atoms with Crippen LogP contribution in [0.5, 0.6) is 0 Å². The van der Waals surface area contributed by atoms with Crippen LogP contribution >= 0.6 is 0 Å². The van der Waals surface area contributed by atoms with Gasteiger partial charge in [-0.1, -0.05) is 0 Å². The molecule has 0 unspecified atom stereocenters. The standard InChI is InChI=1S/C13H23N3O3/c1-9-7-15(8-10(2)19-9)5-6-16-11(17)13(3,4)14-12(16)18/h9-10H,5-8H2,1-4H3,(H,14,18)/t9-,10+. The predicted octanol–water partition coefficient (Wildman–Crippen LogP) is 0.426. The van der Waals surface area contributed by atoms with Gasteiger partial charge in [-0.2, -0.15) is 0 Å². The van der Waals surface area contributed by atoms with Gasteiger partial charge in [-0.25, -0.2) is 4.79 Å². The molecule has 2 heterocycles. The van der Waals surface area contributed by atoms with Gasteiger partial charge in [0.05, 0.1) is 12.2 Å². The van der Waals surface area contributed by atoms with Crippen molar-refractivity contribution < 1.29 is 14.3 Å². The molecule has 0 aliphatic carbocycles. The zero-order valence-corrected chi connectivity index (χ0v) is 12.1. The number of hydrogen-bond donors (Lipinski definition) is 1. The first-order chi connectivity index (χ1) is 8.79. The molecule has 19 heavy (non-hydrogen) atoms. The molecule has 0 aromatic rings. The minimum absolute atomic E-state index is 0.146. The highest BCUT2D eigenvalue weighted by molar-refractivity contribution is 6.06. The zero-order chi connectivity index (χ0) is 14.2. The van der Waals surface area contributed by atoms with Crippen LogP contribution in [-0.2, 0) is 9.53 Å². The monoisotopic (exact) mass is 269 g/mol. The van der Waals surface area contributed by atoms with Gasteiger partial charge in [0.2, 0.25) is 0 Å². The van der Waals surface area contributed by atoms with Crippen molar-refractivity contribution in [3.63, 3.8) is 0 Å². The fourth-order valence-electron chi connectivity index (χ4n) is 2.73. The van der Waals surface area contributed by atoms with Crippen molar-refractivity contribution in [2.75, 3.05) is 26.2 Å². The van der Waals surface area contributed by atoms with E-state index in [0.717, 1.165) is 13.1 Å². The summed E-state index contributed by atoms with van der Waals surface area (Å²) in [5, 5.41) is 2.69. The van der Waals surface area contributed by atoms with Crippen LogP contribution in [0.1, 0.15) is 27.7 Å². The van der Waals surface area contributed by atoms with E-state index in [1.54, 1.807) is 13.8 Å². The number of carbonyl (C=O) groups is 2. The second-order valence-electron chi connectivity index (χ2n) is 6.03. The quantitative estimate of drug-likeness (QED) is 0.755. The number of nitrogens with one attached hydrogen (secondary N) is 1. The molecule has 0 bridgehead atoms. The molecule has 6 heteroatoms. The van der Waals surface area contributed by atoms with E-state index < -0.39 is 5.54 Å². The van der Waals surface area contributed by atoms with Gasteiger partial charge < -0.3 is 10.1 Å². The molecule has 3 amide bonds. The van der Waals surface area contributed by atoms with Crippen molar-refractivity contribution in [2.24, 2.45) is 0 Å². The maximum Gasteiger partial charge on any atom is 0.325 e. The van der Waals surface area contributed by atoms with Gasteiger partial charge in [0.1, 0.15) is 5.54 Å². The molecule has 0 aromatic carbocycles. The average molecular weight is 269 g/mol. The summed E-state index contributed by atoms with van der Waals surface area (Å²) in [6.45, 7) is 10.4. The van der Waals surface area contributed by atoms with Crippen LogP contribution in [0, 0.1) is 0 Å².